The zero-order valence-electron chi connectivity index (χ0n) is 11.7. The van der Waals surface area contributed by atoms with E-state index in [0.717, 1.165) is 4.88 Å². The summed E-state index contributed by atoms with van der Waals surface area (Å²) in [7, 11) is 3.11. The predicted octanol–water partition coefficient (Wildman–Crippen LogP) is 3.00. The van der Waals surface area contributed by atoms with E-state index in [-0.39, 0.29) is 5.91 Å². The molecule has 0 radical (unpaired) electrons. The molecule has 1 aromatic carbocycles. The van der Waals surface area contributed by atoms with Gasteiger partial charge in [-0.3, -0.25) is 4.79 Å². The van der Waals surface area contributed by atoms with E-state index in [1.165, 1.54) is 5.56 Å². The fourth-order valence-electron chi connectivity index (χ4n) is 1.83. The molecule has 1 amide bonds. The molecule has 0 saturated carbocycles. The molecule has 5 heteroatoms. The molecule has 0 bridgehead atoms. The van der Waals surface area contributed by atoms with Crippen LogP contribution in [0.15, 0.2) is 29.6 Å². The minimum Gasteiger partial charge on any atom is -0.497 e. The Bertz CT molecular complexity index is 607. The molecule has 0 atom stereocenters. The number of benzene rings is 1. The van der Waals surface area contributed by atoms with Crippen molar-refractivity contribution < 1.29 is 14.3 Å². The van der Waals surface area contributed by atoms with Gasteiger partial charge in [0.15, 0.2) is 0 Å². The molecular formula is C15H17NO3S. The second-order valence-corrected chi connectivity index (χ2v) is 5.28. The molecule has 1 aromatic heterocycles. The molecule has 20 heavy (non-hydrogen) atoms. The van der Waals surface area contributed by atoms with Crippen LogP contribution in [0.4, 0.5) is 0 Å². The van der Waals surface area contributed by atoms with Gasteiger partial charge in [0.2, 0.25) is 0 Å². The third kappa shape index (κ3) is 3.11. The lowest BCUT2D eigenvalue weighted by Gasteiger charge is -2.10. The fourth-order valence-corrected chi connectivity index (χ4v) is 2.68. The average molecular weight is 291 g/mol. The summed E-state index contributed by atoms with van der Waals surface area (Å²) in [5.74, 6) is 0.989. The summed E-state index contributed by atoms with van der Waals surface area (Å²) in [5.41, 5.74) is 1.66. The van der Waals surface area contributed by atoms with E-state index in [1.54, 1.807) is 43.8 Å². The van der Waals surface area contributed by atoms with Crippen molar-refractivity contribution in [2.24, 2.45) is 0 Å². The van der Waals surface area contributed by atoms with Crippen LogP contribution in [0.5, 0.6) is 11.5 Å². The minimum absolute atomic E-state index is 0.173. The zero-order chi connectivity index (χ0) is 14.5. The van der Waals surface area contributed by atoms with Crippen molar-refractivity contribution in [2.75, 3.05) is 14.2 Å². The van der Waals surface area contributed by atoms with Gasteiger partial charge in [0.05, 0.1) is 26.3 Å². The Morgan fingerprint density at radius 3 is 2.65 bits per heavy atom. The van der Waals surface area contributed by atoms with E-state index in [2.05, 4.69) is 5.32 Å². The molecule has 106 valence electrons. The summed E-state index contributed by atoms with van der Waals surface area (Å²) in [6.07, 6.45) is 0. The second kappa shape index (κ2) is 6.43. The number of methoxy groups -OCH3 is 2. The lowest BCUT2D eigenvalue weighted by atomic mass is 10.1. The van der Waals surface area contributed by atoms with Gasteiger partial charge in [0.1, 0.15) is 11.5 Å². The number of hydrogen-bond acceptors (Lipinski definition) is 4. The van der Waals surface area contributed by atoms with Crippen LogP contribution < -0.4 is 14.8 Å². The van der Waals surface area contributed by atoms with Crippen LogP contribution in [0, 0.1) is 6.92 Å². The van der Waals surface area contributed by atoms with Crippen molar-refractivity contribution in [1.29, 1.82) is 0 Å². The number of amides is 1. The molecule has 1 N–H and O–H groups in total. The first-order valence-electron chi connectivity index (χ1n) is 6.19. The Morgan fingerprint density at radius 1 is 1.25 bits per heavy atom. The highest BCUT2D eigenvalue weighted by atomic mass is 32.1. The molecule has 2 rings (SSSR count). The highest BCUT2D eigenvalue weighted by molar-refractivity contribution is 7.10. The normalized spacial score (nSPS) is 10.2. The van der Waals surface area contributed by atoms with Crippen molar-refractivity contribution in [1.82, 2.24) is 5.32 Å². The van der Waals surface area contributed by atoms with E-state index in [4.69, 9.17) is 9.47 Å². The standard InChI is InChI=1S/C15H17NO3S/c1-10-6-7-20-14(10)9-16-15(17)12-8-11(18-2)4-5-13(12)19-3/h4-8H,9H2,1-3H3,(H,16,17). The molecular weight excluding hydrogens is 274 g/mol. The Hall–Kier alpha value is -2.01. The quantitative estimate of drug-likeness (QED) is 0.921. The number of carbonyl (C=O) groups excluding carboxylic acids is 1. The van der Waals surface area contributed by atoms with Crippen molar-refractivity contribution in [2.45, 2.75) is 13.5 Å². The van der Waals surface area contributed by atoms with Gasteiger partial charge in [-0.15, -0.1) is 11.3 Å². The van der Waals surface area contributed by atoms with Crippen LogP contribution in [0.2, 0.25) is 0 Å². The van der Waals surface area contributed by atoms with Crippen LogP contribution in [-0.2, 0) is 6.54 Å². The van der Waals surface area contributed by atoms with Gasteiger partial charge in [0, 0.05) is 4.88 Å². The first-order chi connectivity index (χ1) is 9.65. The van der Waals surface area contributed by atoms with Gasteiger partial charge < -0.3 is 14.8 Å². The number of hydrogen-bond donors (Lipinski definition) is 1. The minimum atomic E-state index is -0.173. The molecule has 0 saturated heterocycles. The Morgan fingerprint density at radius 2 is 2.05 bits per heavy atom. The maximum Gasteiger partial charge on any atom is 0.255 e. The van der Waals surface area contributed by atoms with Crippen LogP contribution in [0.25, 0.3) is 0 Å². The number of ether oxygens (including phenoxy) is 2. The van der Waals surface area contributed by atoms with Gasteiger partial charge >= 0.3 is 0 Å². The SMILES string of the molecule is COc1ccc(OC)c(C(=O)NCc2sccc2C)c1. The molecule has 0 aliphatic carbocycles. The average Bonchev–Trinajstić information content (AvgIpc) is 2.89. The first kappa shape index (κ1) is 14.4. The third-order valence-corrected chi connectivity index (χ3v) is 4.05. The molecule has 1 heterocycles. The summed E-state index contributed by atoms with van der Waals surface area (Å²) >= 11 is 1.63. The number of aryl methyl sites for hydroxylation is 1. The Labute approximate surface area is 122 Å². The lowest BCUT2D eigenvalue weighted by molar-refractivity contribution is 0.0948. The largest absolute Gasteiger partial charge is 0.497 e. The molecule has 2 aromatic rings. The van der Waals surface area contributed by atoms with Gasteiger partial charge in [-0.1, -0.05) is 0 Å². The monoisotopic (exact) mass is 291 g/mol. The maximum atomic E-state index is 12.3. The van der Waals surface area contributed by atoms with E-state index < -0.39 is 0 Å². The van der Waals surface area contributed by atoms with Crippen LogP contribution in [0.1, 0.15) is 20.8 Å². The number of rotatable bonds is 5. The zero-order valence-corrected chi connectivity index (χ0v) is 12.5. The summed E-state index contributed by atoms with van der Waals surface area (Å²) in [6.45, 7) is 2.55. The second-order valence-electron chi connectivity index (χ2n) is 4.28. The maximum absolute atomic E-state index is 12.3. The Kier molecular flexibility index (Phi) is 4.63. The van der Waals surface area contributed by atoms with E-state index in [9.17, 15) is 4.79 Å². The summed E-state index contributed by atoms with van der Waals surface area (Å²) in [4.78, 5) is 13.4. The van der Waals surface area contributed by atoms with Crippen molar-refractivity contribution in [3.63, 3.8) is 0 Å². The number of thiophene rings is 1. The smallest absolute Gasteiger partial charge is 0.255 e. The topological polar surface area (TPSA) is 47.6 Å². The predicted molar refractivity (Wildman–Crippen MR) is 79.8 cm³/mol. The molecule has 0 unspecified atom stereocenters. The highest BCUT2D eigenvalue weighted by Gasteiger charge is 2.13. The Balaban J connectivity index is 2.14. The first-order valence-corrected chi connectivity index (χ1v) is 7.07. The van der Waals surface area contributed by atoms with E-state index in [1.807, 2.05) is 18.4 Å². The van der Waals surface area contributed by atoms with Gasteiger partial charge in [0.25, 0.3) is 5.91 Å². The fraction of sp³-hybridized carbons (Fsp3) is 0.267. The van der Waals surface area contributed by atoms with Gasteiger partial charge in [-0.2, -0.15) is 0 Å². The van der Waals surface area contributed by atoms with Crippen molar-refractivity contribution in [3.05, 3.63) is 45.6 Å². The van der Waals surface area contributed by atoms with Crippen LogP contribution in [0.3, 0.4) is 0 Å². The van der Waals surface area contributed by atoms with Crippen molar-refractivity contribution in [3.8, 4) is 11.5 Å². The summed E-state index contributed by atoms with van der Waals surface area (Å²) in [6, 6.07) is 7.21. The van der Waals surface area contributed by atoms with E-state index in [0.29, 0.717) is 23.6 Å². The molecule has 0 fully saturated rings. The van der Waals surface area contributed by atoms with E-state index >= 15 is 0 Å². The molecule has 0 spiro atoms. The number of nitrogens with one attached hydrogen (secondary N) is 1. The molecule has 0 aliphatic rings. The lowest BCUT2D eigenvalue weighted by Crippen LogP contribution is -2.23. The van der Waals surface area contributed by atoms with Gasteiger partial charge in [-0.25, -0.2) is 0 Å². The summed E-state index contributed by atoms with van der Waals surface area (Å²) in [5, 5.41) is 4.92. The number of carbonyl (C=O) groups is 1. The molecule has 4 nitrogen and oxygen atoms in total. The van der Waals surface area contributed by atoms with Crippen molar-refractivity contribution >= 4 is 17.2 Å². The third-order valence-electron chi connectivity index (χ3n) is 3.03. The van der Waals surface area contributed by atoms with Gasteiger partial charge in [-0.05, 0) is 42.1 Å². The highest BCUT2D eigenvalue weighted by Crippen LogP contribution is 2.24. The molecule has 0 aliphatic heterocycles. The summed E-state index contributed by atoms with van der Waals surface area (Å²) < 4.78 is 10.4. The van der Waals surface area contributed by atoms with Crippen LogP contribution >= 0.6 is 11.3 Å². The van der Waals surface area contributed by atoms with Crippen LogP contribution in [-0.4, -0.2) is 20.1 Å².